The minimum absolute atomic E-state index is 0.0298. The average Bonchev–Trinajstić information content (AvgIpc) is 2.78. The van der Waals surface area contributed by atoms with Gasteiger partial charge in [-0.25, -0.2) is 0 Å². The molecule has 1 aliphatic rings. The van der Waals surface area contributed by atoms with Gasteiger partial charge >= 0.3 is 0 Å². The highest BCUT2D eigenvalue weighted by Gasteiger charge is 2.53. The number of aliphatic hydroxyl groups excluding tert-OH is 5. The summed E-state index contributed by atoms with van der Waals surface area (Å²) >= 11 is 6.39. The Bertz CT molecular complexity index is 940. The number of halogens is 1. The van der Waals surface area contributed by atoms with Gasteiger partial charge in [0.2, 0.25) is 5.79 Å². The number of rotatable bonds is 6. The van der Waals surface area contributed by atoms with Gasteiger partial charge in [0.25, 0.3) is 0 Å². The predicted molar refractivity (Wildman–Crippen MR) is 113 cm³/mol. The molecule has 1 aliphatic heterocycles. The fraction of sp³-hybridized carbons (Fsp3) is 0.391. The van der Waals surface area contributed by atoms with Gasteiger partial charge in [0.05, 0.1) is 12.5 Å². The topological polar surface area (TPSA) is 131 Å². The highest BCUT2D eigenvalue weighted by molar-refractivity contribution is 6.31. The molecule has 0 aliphatic carbocycles. The van der Waals surface area contributed by atoms with E-state index in [-0.39, 0.29) is 12.2 Å². The van der Waals surface area contributed by atoms with Gasteiger partial charge < -0.3 is 35.4 Å². The van der Waals surface area contributed by atoms with Gasteiger partial charge in [0, 0.05) is 17.2 Å². The molecular formula is C23H25ClO7. The first-order valence-corrected chi connectivity index (χ1v) is 10.2. The molecule has 0 aromatic heterocycles. The van der Waals surface area contributed by atoms with Gasteiger partial charge in [-0.3, -0.25) is 0 Å². The molecule has 2 aromatic carbocycles. The van der Waals surface area contributed by atoms with Crippen molar-refractivity contribution >= 4 is 11.6 Å². The van der Waals surface area contributed by atoms with Crippen molar-refractivity contribution in [3.05, 3.63) is 69.7 Å². The van der Waals surface area contributed by atoms with Crippen molar-refractivity contribution in [3.8, 4) is 12.3 Å². The summed E-state index contributed by atoms with van der Waals surface area (Å²) in [6.45, 7) is -0.650. The molecule has 6 atom stereocenters. The van der Waals surface area contributed by atoms with Crippen molar-refractivity contribution < 1.29 is 35.4 Å². The van der Waals surface area contributed by atoms with Gasteiger partial charge in [-0.2, -0.15) is 0 Å². The predicted octanol–water partition coefficient (Wildman–Crippen LogP) is 0.259. The Kier molecular flexibility index (Phi) is 7.37. The standard InChI is InChI=1S/C23H25ClO7/c1-2-16(14-5-3-13(4-6-14)9-10-25)17-11-15(7-8-18(17)24)23(30)22(29)21(28)20(27)19(12-26)31-23/h1,3-8,11,16,19-22,25-30H,9-10,12H2/t16?,19-,20-,21+,22-,23+/m1/s1. The van der Waals surface area contributed by atoms with E-state index in [0.717, 1.165) is 11.1 Å². The lowest BCUT2D eigenvalue weighted by atomic mass is 9.85. The molecule has 6 N–H and O–H groups in total. The average molecular weight is 449 g/mol. The van der Waals surface area contributed by atoms with Gasteiger partial charge in [0.15, 0.2) is 0 Å². The number of ether oxygens (including phenoxy) is 1. The molecule has 0 radical (unpaired) electrons. The minimum Gasteiger partial charge on any atom is -0.396 e. The van der Waals surface area contributed by atoms with Crippen LogP contribution in [0, 0.1) is 12.3 Å². The van der Waals surface area contributed by atoms with Gasteiger partial charge in [-0.05, 0) is 35.2 Å². The second-order valence-corrected chi connectivity index (χ2v) is 7.92. The molecule has 0 bridgehead atoms. The van der Waals surface area contributed by atoms with Gasteiger partial charge in [-0.15, -0.1) is 6.42 Å². The monoisotopic (exact) mass is 448 g/mol. The smallest absolute Gasteiger partial charge is 0.222 e. The number of hydrogen-bond donors (Lipinski definition) is 6. The quantitative estimate of drug-likeness (QED) is 0.349. The van der Waals surface area contributed by atoms with E-state index in [1.54, 1.807) is 0 Å². The maximum absolute atomic E-state index is 11.1. The Morgan fingerprint density at radius 2 is 1.74 bits per heavy atom. The van der Waals surface area contributed by atoms with Crippen LogP contribution in [0.15, 0.2) is 42.5 Å². The summed E-state index contributed by atoms with van der Waals surface area (Å²) in [6.07, 6.45) is -0.245. The largest absolute Gasteiger partial charge is 0.396 e. The van der Waals surface area contributed by atoms with E-state index in [9.17, 15) is 25.5 Å². The maximum Gasteiger partial charge on any atom is 0.222 e. The molecule has 0 spiro atoms. The van der Waals surface area contributed by atoms with Crippen LogP contribution in [0.25, 0.3) is 0 Å². The third kappa shape index (κ3) is 4.48. The first-order valence-electron chi connectivity index (χ1n) is 9.77. The minimum atomic E-state index is -2.41. The summed E-state index contributed by atoms with van der Waals surface area (Å²) in [5.41, 5.74) is 2.21. The summed E-state index contributed by atoms with van der Waals surface area (Å²) in [5.74, 6) is -0.332. The van der Waals surface area contributed by atoms with Crippen LogP contribution >= 0.6 is 11.6 Å². The normalized spacial score (nSPS) is 29.4. The van der Waals surface area contributed by atoms with E-state index < -0.39 is 42.7 Å². The highest BCUT2D eigenvalue weighted by atomic mass is 35.5. The first-order chi connectivity index (χ1) is 14.8. The maximum atomic E-state index is 11.1. The first kappa shape index (κ1) is 23.7. The lowest BCUT2D eigenvalue weighted by Crippen LogP contribution is -2.63. The lowest BCUT2D eigenvalue weighted by molar-refractivity contribution is -0.357. The molecule has 8 heteroatoms. The molecule has 1 unspecified atom stereocenters. The Balaban J connectivity index is 2.01. The summed E-state index contributed by atoms with van der Waals surface area (Å²) in [7, 11) is 0. The van der Waals surface area contributed by atoms with Crippen LogP contribution in [0.2, 0.25) is 5.02 Å². The molecule has 0 amide bonds. The van der Waals surface area contributed by atoms with Gasteiger partial charge in [-0.1, -0.05) is 47.9 Å². The van der Waals surface area contributed by atoms with E-state index in [1.165, 1.54) is 18.2 Å². The summed E-state index contributed by atoms with van der Waals surface area (Å²) in [5, 5.41) is 60.4. The van der Waals surface area contributed by atoms with Crippen LogP contribution < -0.4 is 0 Å². The second kappa shape index (κ2) is 9.65. The fourth-order valence-electron chi connectivity index (χ4n) is 3.75. The molecule has 1 heterocycles. The van der Waals surface area contributed by atoms with E-state index in [4.69, 9.17) is 27.9 Å². The van der Waals surface area contributed by atoms with Crippen LogP contribution in [0.1, 0.15) is 28.2 Å². The van der Waals surface area contributed by atoms with Crippen molar-refractivity contribution in [1.82, 2.24) is 0 Å². The third-order valence-electron chi connectivity index (χ3n) is 5.57. The highest BCUT2D eigenvalue weighted by Crippen LogP contribution is 2.39. The SMILES string of the molecule is C#CC(c1ccc(CCO)cc1)c1cc([C@]2(O)O[C@H](CO)[C@@H](O)[C@H](O)[C@H]2O)ccc1Cl. The van der Waals surface area contributed by atoms with Crippen molar-refractivity contribution in [2.75, 3.05) is 13.2 Å². The molecule has 2 aromatic rings. The Morgan fingerprint density at radius 1 is 1.06 bits per heavy atom. The molecule has 166 valence electrons. The van der Waals surface area contributed by atoms with Crippen LogP contribution in [0.4, 0.5) is 0 Å². The Hall–Kier alpha value is -1.99. The molecule has 0 saturated carbocycles. The van der Waals surface area contributed by atoms with E-state index in [0.29, 0.717) is 17.0 Å². The summed E-state index contributed by atoms with van der Waals surface area (Å²) in [6, 6.07) is 11.7. The number of aliphatic hydroxyl groups is 6. The molecule has 7 nitrogen and oxygen atoms in total. The summed E-state index contributed by atoms with van der Waals surface area (Å²) in [4.78, 5) is 0. The zero-order valence-corrected chi connectivity index (χ0v) is 17.4. The molecular weight excluding hydrogens is 424 g/mol. The van der Waals surface area contributed by atoms with Crippen LogP contribution in [0.5, 0.6) is 0 Å². The van der Waals surface area contributed by atoms with Crippen LogP contribution in [-0.2, 0) is 16.9 Å². The number of hydrogen-bond acceptors (Lipinski definition) is 7. The number of terminal acetylenes is 1. The second-order valence-electron chi connectivity index (χ2n) is 7.51. The lowest BCUT2D eigenvalue weighted by Gasteiger charge is -2.45. The van der Waals surface area contributed by atoms with E-state index in [2.05, 4.69) is 5.92 Å². The zero-order chi connectivity index (χ0) is 22.8. The van der Waals surface area contributed by atoms with Crippen LogP contribution in [-0.4, -0.2) is 68.3 Å². The summed E-state index contributed by atoms with van der Waals surface area (Å²) < 4.78 is 5.39. The van der Waals surface area contributed by atoms with Gasteiger partial charge in [0.1, 0.15) is 24.4 Å². The van der Waals surface area contributed by atoms with E-state index in [1.807, 2.05) is 24.3 Å². The molecule has 1 fully saturated rings. The van der Waals surface area contributed by atoms with Crippen molar-refractivity contribution in [2.24, 2.45) is 0 Å². The third-order valence-corrected chi connectivity index (χ3v) is 5.91. The van der Waals surface area contributed by atoms with Crippen molar-refractivity contribution in [2.45, 2.75) is 42.5 Å². The Labute approximate surface area is 185 Å². The van der Waals surface area contributed by atoms with Crippen molar-refractivity contribution in [3.63, 3.8) is 0 Å². The number of benzene rings is 2. The Morgan fingerprint density at radius 3 is 2.32 bits per heavy atom. The van der Waals surface area contributed by atoms with Crippen LogP contribution in [0.3, 0.4) is 0 Å². The molecule has 3 rings (SSSR count). The molecule has 1 saturated heterocycles. The molecule has 31 heavy (non-hydrogen) atoms. The van der Waals surface area contributed by atoms with E-state index >= 15 is 0 Å². The fourth-order valence-corrected chi connectivity index (χ4v) is 3.98. The zero-order valence-electron chi connectivity index (χ0n) is 16.6. The van der Waals surface area contributed by atoms with Crippen molar-refractivity contribution in [1.29, 1.82) is 0 Å².